The van der Waals surface area contributed by atoms with Crippen LogP contribution in [0.5, 0.6) is 11.5 Å². The Labute approximate surface area is 330 Å². The van der Waals surface area contributed by atoms with Crippen LogP contribution in [0.3, 0.4) is 0 Å². The number of H-pyrrole nitrogens is 1. The number of halogens is 2. The van der Waals surface area contributed by atoms with Gasteiger partial charge in [-0.3, -0.25) is 14.3 Å². The summed E-state index contributed by atoms with van der Waals surface area (Å²) in [6.07, 6.45) is 1.88. The Morgan fingerprint density at radius 2 is 1.75 bits per heavy atom. The second-order valence-electron chi connectivity index (χ2n) is 13.4. The van der Waals surface area contributed by atoms with Gasteiger partial charge in [0.05, 0.1) is 39.2 Å². The Morgan fingerprint density at radius 3 is 2.38 bits per heavy atom. The van der Waals surface area contributed by atoms with Crippen LogP contribution in [0.1, 0.15) is 59.1 Å². The lowest BCUT2D eigenvalue weighted by atomic mass is 9.91. The zero-order valence-electron chi connectivity index (χ0n) is 30.2. The van der Waals surface area contributed by atoms with Crippen molar-refractivity contribution in [2.75, 3.05) is 32.6 Å². The molecule has 1 aliphatic rings. The van der Waals surface area contributed by atoms with Gasteiger partial charge in [-0.2, -0.15) is 0 Å². The smallest absolute Gasteiger partial charge is 0.349 e. The number of aliphatic hydroxyl groups is 2. The molecule has 0 radical (unpaired) electrons. The number of carbonyl (C=O) groups is 2. The van der Waals surface area contributed by atoms with Crippen molar-refractivity contribution in [3.05, 3.63) is 108 Å². The second kappa shape index (κ2) is 18.5. The number of phenols is 1. The first-order chi connectivity index (χ1) is 26.0. The second-order valence-corrected chi connectivity index (χ2v) is 15.7. The first-order valence-corrected chi connectivity index (χ1v) is 19.7. The number of esters is 1. The lowest BCUT2D eigenvalue weighted by Gasteiger charge is -2.35. The maximum absolute atomic E-state index is 13.4. The molecule has 0 saturated heterocycles. The Morgan fingerprint density at radius 1 is 1.05 bits per heavy atom. The largest absolute Gasteiger partial charge is 0.506 e. The molecule has 2 aromatic carbocycles. The molecule has 1 saturated carbocycles. The van der Waals surface area contributed by atoms with Crippen LogP contribution in [-0.4, -0.2) is 76.5 Å². The Hall–Kier alpha value is -4.35. The van der Waals surface area contributed by atoms with E-state index in [0.717, 1.165) is 18.4 Å². The van der Waals surface area contributed by atoms with Crippen LogP contribution in [0.2, 0.25) is 5.02 Å². The Balaban J connectivity index is 0.00000580. The summed E-state index contributed by atoms with van der Waals surface area (Å²) in [7, 11) is 3.51. The number of phenolic OH excluding ortho intramolecular Hbond substituents is 1. The number of aliphatic hydroxyl groups excluding tert-OH is 1. The average molecular weight is 815 g/mol. The summed E-state index contributed by atoms with van der Waals surface area (Å²) in [5.74, 6) is -0.436. The van der Waals surface area contributed by atoms with Gasteiger partial charge in [0.2, 0.25) is 17.1 Å². The summed E-state index contributed by atoms with van der Waals surface area (Å²) in [5, 5.41) is 43.2. The highest BCUT2D eigenvalue weighted by Crippen LogP contribution is 2.38. The van der Waals surface area contributed by atoms with Crippen molar-refractivity contribution in [1.29, 1.82) is 0 Å². The van der Waals surface area contributed by atoms with E-state index in [1.807, 2.05) is 17.8 Å². The molecule has 0 spiro atoms. The molecule has 1 unspecified atom stereocenters. The van der Waals surface area contributed by atoms with Crippen LogP contribution in [0, 0.1) is 0 Å². The average Bonchev–Trinajstić information content (AvgIpc) is 3.92. The third kappa shape index (κ3) is 9.55. The maximum atomic E-state index is 13.4. The minimum absolute atomic E-state index is 0. The zero-order chi connectivity index (χ0) is 38.4. The van der Waals surface area contributed by atoms with E-state index in [1.165, 1.54) is 41.9 Å². The fourth-order valence-electron chi connectivity index (χ4n) is 6.83. The summed E-state index contributed by atoms with van der Waals surface area (Å²) in [5.41, 5.74) is -0.241. The molecule has 5 aromatic rings. The number of fused-ring (bicyclic) bond motifs is 1. The molecule has 1 fully saturated rings. The number of aromatic amines is 1. The number of aromatic nitrogens is 1. The van der Waals surface area contributed by atoms with Crippen molar-refractivity contribution < 1.29 is 39.1 Å². The van der Waals surface area contributed by atoms with Gasteiger partial charge in [-0.15, -0.1) is 22.7 Å². The molecule has 1 atom stereocenters. The topological polar surface area (TPSA) is 173 Å². The normalized spacial score (nSPS) is 16.4. The first kappa shape index (κ1) is 41.8. The maximum Gasteiger partial charge on any atom is 0.349 e. The number of anilines is 1. The number of hydrogen-bond donors (Lipinski definition) is 6. The van der Waals surface area contributed by atoms with Crippen LogP contribution in [0.4, 0.5) is 10.4 Å². The van der Waals surface area contributed by atoms with Crippen LogP contribution in [-0.2, 0) is 26.5 Å². The number of thiophene rings is 2. The van der Waals surface area contributed by atoms with E-state index >= 15 is 0 Å². The highest BCUT2D eigenvalue weighted by atomic mass is 35.5. The predicted molar refractivity (Wildman–Crippen MR) is 213 cm³/mol. The van der Waals surface area contributed by atoms with Crippen molar-refractivity contribution in [1.82, 2.24) is 15.2 Å². The third-order valence-corrected chi connectivity index (χ3v) is 12.1. The summed E-state index contributed by atoms with van der Waals surface area (Å²) in [4.78, 5) is 43.9. The number of aromatic hydroxyl groups is 1. The number of rotatable bonds is 15. The third-order valence-electron chi connectivity index (χ3n) is 9.85. The lowest BCUT2D eigenvalue weighted by molar-refractivity contribution is -0.169. The number of benzene rings is 2. The number of methoxy groups -OCH3 is 1. The van der Waals surface area contributed by atoms with Gasteiger partial charge in [0.1, 0.15) is 17.6 Å². The summed E-state index contributed by atoms with van der Waals surface area (Å²) in [6, 6.07) is 16.6. The molecular formula is C39H44ClFN4O8S2. The minimum Gasteiger partial charge on any atom is -0.506 e. The number of amides is 1. The highest BCUT2D eigenvalue weighted by Gasteiger charge is 2.45. The van der Waals surface area contributed by atoms with Crippen molar-refractivity contribution >= 4 is 62.7 Å². The highest BCUT2D eigenvalue weighted by molar-refractivity contribution is 7.12. The lowest BCUT2D eigenvalue weighted by Crippen LogP contribution is -2.42. The molecule has 0 bridgehead atoms. The molecule has 6 N–H and O–H groups in total. The van der Waals surface area contributed by atoms with Gasteiger partial charge in [-0.1, -0.05) is 29.8 Å². The van der Waals surface area contributed by atoms with Gasteiger partial charge in [0, 0.05) is 55.2 Å². The summed E-state index contributed by atoms with van der Waals surface area (Å²) in [6.45, 7) is 0.980. The van der Waals surface area contributed by atoms with E-state index in [9.17, 15) is 29.7 Å². The molecule has 12 nitrogen and oxygen atoms in total. The molecular weight excluding hydrogens is 771 g/mol. The number of ether oxygens (including phenoxy) is 2. The number of hydrogen-bond acceptors (Lipinski definition) is 12. The van der Waals surface area contributed by atoms with Crippen LogP contribution >= 0.6 is 34.3 Å². The van der Waals surface area contributed by atoms with E-state index in [0.29, 0.717) is 63.1 Å². The number of nitrogens with one attached hydrogen (secondary N) is 3. The molecule has 55 heavy (non-hydrogen) atoms. The van der Waals surface area contributed by atoms with E-state index < -0.39 is 17.7 Å². The van der Waals surface area contributed by atoms with Gasteiger partial charge >= 0.3 is 5.97 Å². The predicted octanol–water partition coefficient (Wildman–Crippen LogP) is 6.05. The van der Waals surface area contributed by atoms with Gasteiger partial charge in [-0.25, -0.2) is 4.79 Å². The van der Waals surface area contributed by atoms with E-state index in [1.54, 1.807) is 48.5 Å². The quantitative estimate of drug-likeness (QED) is 0.0684. The fourth-order valence-corrected chi connectivity index (χ4v) is 8.77. The van der Waals surface area contributed by atoms with Gasteiger partial charge in [-0.05, 0) is 79.4 Å². The van der Waals surface area contributed by atoms with E-state index in [-0.39, 0.29) is 52.5 Å². The Kier molecular flexibility index (Phi) is 14.1. The van der Waals surface area contributed by atoms with Crippen LogP contribution in [0.25, 0.3) is 10.9 Å². The number of carbonyl (C=O) groups excluding carboxylic acids is 2. The molecule has 3 heterocycles. The standard InChI is InChI=1S/C39H43ClN4O8S2.FH/c1-44(24-7-9-25(10-8-24)52-38(49)39(50,33-5-3-17-53-33)34-6-4-18-54-34)16-15-36(48)42-29-20-32(51-2)23(19-28(29)40)21-41-22-31(46)26-11-13-30(45)37-27(26)12-14-35(47)43-37;/h3-6,11-14,17-20,24-25,31,41,45-46,50H,7-10,15-16,21-22H2,1-2H3,(H,42,48)(H,43,47);1H. The fraction of sp³-hybridized carbons (Fsp3) is 0.359. The zero-order valence-corrected chi connectivity index (χ0v) is 32.6. The molecule has 16 heteroatoms. The first-order valence-electron chi connectivity index (χ1n) is 17.6. The van der Waals surface area contributed by atoms with Crippen LogP contribution < -0.4 is 20.9 Å². The van der Waals surface area contributed by atoms with Crippen molar-refractivity contribution in [2.24, 2.45) is 0 Å². The molecule has 6 rings (SSSR count). The molecule has 1 aliphatic carbocycles. The van der Waals surface area contributed by atoms with Gasteiger partial charge in [0.25, 0.3) is 0 Å². The van der Waals surface area contributed by atoms with Gasteiger partial charge < -0.3 is 45.3 Å². The van der Waals surface area contributed by atoms with E-state index in [2.05, 4.69) is 20.5 Å². The SMILES string of the molecule is COc1cc(NC(=O)CCN(C)C2CCC(OC(=O)C(O)(c3cccs3)c3cccs3)CC2)c(Cl)cc1CNCC(O)c1ccc(O)c2[nH]c(=O)ccc12.F. The van der Waals surface area contributed by atoms with Crippen molar-refractivity contribution in [3.8, 4) is 11.5 Å². The monoisotopic (exact) mass is 814 g/mol. The van der Waals surface area contributed by atoms with Crippen molar-refractivity contribution in [3.63, 3.8) is 0 Å². The Bertz CT molecular complexity index is 2090. The molecule has 3 aromatic heterocycles. The van der Waals surface area contributed by atoms with Crippen LogP contribution in [0.15, 0.2) is 76.2 Å². The van der Waals surface area contributed by atoms with Crippen molar-refractivity contribution in [2.45, 2.75) is 62.5 Å². The number of nitrogens with zero attached hydrogens (tertiary/aromatic N) is 1. The molecule has 0 aliphatic heterocycles. The molecule has 1 amide bonds. The summed E-state index contributed by atoms with van der Waals surface area (Å²) < 4.78 is 11.5. The number of pyridine rings is 1. The molecule has 294 valence electrons. The van der Waals surface area contributed by atoms with E-state index in [4.69, 9.17) is 21.1 Å². The summed E-state index contributed by atoms with van der Waals surface area (Å²) >= 11 is 9.23. The van der Waals surface area contributed by atoms with Gasteiger partial charge in [0.15, 0.2) is 0 Å². The minimum atomic E-state index is -1.83.